The second-order valence-electron chi connectivity index (χ2n) is 11.6. The molecule has 4 fully saturated rings. The molecule has 28 heavy (non-hydrogen) atoms. The Hall–Kier alpha value is -0.0800. The lowest BCUT2D eigenvalue weighted by Crippen LogP contribution is -2.52. The smallest absolute Gasteiger partial charge is 0.00369 e. The van der Waals surface area contributed by atoms with Gasteiger partial charge in [0.05, 0.1) is 0 Å². The van der Waals surface area contributed by atoms with Crippen LogP contribution in [0.1, 0.15) is 104 Å². The summed E-state index contributed by atoms with van der Waals surface area (Å²) in [6.07, 6.45) is 20.8. The van der Waals surface area contributed by atoms with Crippen LogP contribution in [-0.4, -0.2) is 19.6 Å². The molecule has 0 bridgehead atoms. The van der Waals surface area contributed by atoms with Crippen molar-refractivity contribution in [2.45, 2.75) is 104 Å². The zero-order chi connectivity index (χ0) is 19.6. The van der Waals surface area contributed by atoms with Crippen molar-refractivity contribution in [1.29, 1.82) is 0 Å². The Labute approximate surface area is 175 Å². The summed E-state index contributed by atoms with van der Waals surface area (Å²) in [7, 11) is 0. The highest BCUT2D eigenvalue weighted by molar-refractivity contribution is 5.08. The predicted octanol–water partition coefficient (Wildman–Crippen LogP) is 6.14. The Morgan fingerprint density at radius 1 is 0.786 bits per heavy atom. The second-order valence-corrected chi connectivity index (χ2v) is 11.6. The predicted molar refractivity (Wildman–Crippen MR) is 120 cm³/mol. The second kappa shape index (κ2) is 8.96. The summed E-state index contributed by atoms with van der Waals surface area (Å²) in [4.78, 5) is 0. The van der Waals surface area contributed by atoms with Gasteiger partial charge in [0.1, 0.15) is 0 Å². The van der Waals surface area contributed by atoms with Gasteiger partial charge in [-0.15, -0.1) is 0 Å². The summed E-state index contributed by atoms with van der Waals surface area (Å²) in [5, 5.41) is 3.57. The van der Waals surface area contributed by atoms with Crippen LogP contribution in [0.5, 0.6) is 0 Å². The number of unbranched alkanes of at least 4 members (excludes halogenated alkanes) is 1. The lowest BCUT2D eigenvalue weighted by molar-refractivity contribution is -0.111. The first kappa shape index (κ1) is 21.2. The largest absolute Gasteiger partial charge is 0.330 e. The van der Waals surface area contributed by atoms with Crippen LogP contribution in [0.15, 0.2) is 0 Å². The molecule has 0 amide bonds. The van der Waals surface area contributed by atoms with Crippen LogP contribution >= 0.6 is 0 Å². The molecule has 162 valence electrons. The average Bonchev–Trinajstić information content (AvgIpc) is 3.03. The summed E-state index contributed by atoms with van der Waals surface area (Å²) >= 11 is 0. The van der Waals surface area contributed by atoms with Crippen molar-refractivity contribution in [2.24, 2.45) is 46.2 Å². The molecule has 4 rings (SSSR count). The van der Waals surface area contributed by atoms with Gasteiger partial charge in [0, 0.05) is 0 Å². The maximum atomic E-state index is 5.58. The fourth-order valence-corrected chi connectivity index (χ4v) is 8.87. The van der Waals surface area contributed by atoms with Gasteiger partial charge < -0.3 is 11.1 Å². The molecular weight excluding hydrogens is 340 g/mol. The van der Waals surface area contributed by atoms with Crippen molar-refractivity contribution in [2.75, 3.05) is 19.6 Å². The molecule has 0 aromatic carbocycles. The van der Waals surface area contributed by atoms with Gasteiger partial charge in [-0.05, 0) is 131 Å². The van der Waals surface area contributed by atoms with Gasteiger partial charge in [-0.2, -0.15) is 0 Å². The summed E-state index contributed by atoms with van der Waals surface area (Å²) < 4.78 is 0. The lowest BCUT2D eigenvalue weighted by atomic mass is 9.45. The minimum Gasteiger partial charge on any atom is -0.330 e. The first-order chi connectivity index (χ1) is 13.6. The molecule has 7 unspecified atom stereocenters. The average molecular weight is 389 g/mol. The van der Waals surface area contributed by atoms with E-state index in [0.29, 0.717) is 10.8 Å². The molecule has 2 heteroatoms. The van der Waals surface area contributed by atoms with Gasteiger partial charge in [0.25, 0.3) is 0 Å². The minimum atomic E-state index is 0.673. The van der Waals surface area contributed by atoms with Gasteiger partial charge in [0.15, 0.2) is 0 Å². The Morgan fingerprint density at radius 3 is 2.46 bits per heavy atom. The Kier molecular flexibility index (Phi) is 6.77. The molecule has 0 aromatic rings. The topological polar surface area (TPSA) is 38.0 Å². The quantitative estimate of drug-likeness (QED) is 0.490. The Morgan fingerprint density at radius 2 is 1.61 bits per heavy atom. The number of fused-ring (bicyclic) bond motifs is 5. The molecule has 0 saturated heterocycles. The first-order valence-corrected chi connectivity index (χ1v) is 13.0. The van der Waals surface area contributed by atoms with E-state index in [1.165, 1.54) is 45.1 Å². The van der Waals surface area contributed by atoms with Gasteiger partial charge in [0.2, 0.25) is 0 Å². The van der Waals surface area contributed by atoms with Gasteiger partial charge in [-0.25, -0.2) is 0 Å². The number of rotatable bonds is 8. The SMILES string of the molecule is CC12CCCCC1CCC1C2CCC2(C)C(CCCCNCCCN)CCC12. The van der Waals surface area contributed by atoms with E-state index in [1.807, 2.05) is 0 Å². The highest BCUT2D eigenvalue weighted by atomic mass is 14.8. The van der Waals surface area contributed by atoms with Crippen molar-refractivity contribution >= 4 is 0 Å². The lowest BCUT2D eigenvalue weighted by Gasteiger charge is -2.60. The molecule has 3 N–H and O–H groups in total. The molecule has 4 aliphatic carbocycles. The Bertz CT molecular complexity index is 505. The van der Waals surface area contributed by atoms with E-state index in [0.717, 1.165) is 49.1 Å². The van der Waals surface area contributed by atoms with Crippen molar-refractivity contribution in [1.82, 2.24) is 5.32 Å². The summed E-state index contributed by atoms with van der Waals surface area (Å²) in [6, 6.07) is 0. The van der Waals surface area contributed by atoms with Gasteiger partial charge in [-0.3, -0.25) is 0 Å². The fraction of sp³-hybridized carbons (Fsp3) is 1.00. The maximum Gasteiger partial charge on any atom is -0.00369 e. The highest BCUT2D eigenvalue weighted by Gasteiger charge is 2.59. The number of hydrogen-bond donors (Lipinski definition) is 2. The third-order valence-corrected chi connectivity index (χ3v) is 10.5. The van der Waals surface area contributed by atoms with Crippen LogP contribution in [0.25, 0.3) is 0 Å². The third kappa shape index (κ3) is 3.82. The summed E-state index contributed by atoms with van der Waals surface area (Å²) in [5.74, 6) is 5.27. The number of hydrogen-bond acceptors (Lipinski definition) is 2. The van der Waals surface area contributed by atoms with E-state index in [9.17, 15) is 0 Å². The molecule has 7 atom stereocenters. The summed E-state index contributed by atoms with van der Waals surface area (Å²) in [6.45, 7) is 8.55. The molecule has 0 aliphatic heterocycles. The molecule has 0 radical (unpaired) electrons. The van der Waals surface area contributed by atoms with Gasteiger partial charge in [-0.1, -0.05) is 33.1 Å². The molecule has 4 saturated carbocycles. The maximum absolute atomic E-state index is 5.58. The number of nitrogens with one attached hydrogen (secondary N) is 1. The van der Waals surface area contributed by atoms with E-state index < -0.39 is 0 Å². The fourth-order valence-electron chi connectivity index (χ4n) is 8.87. The van der Waals surface area contributed by atoms with Crippen LogP contribution in [0.2, 0.25) is 0 Å². The van der Waals surface area contributed by atoms with Crippen LogP contribution < -0.4 is 11.1 Å². The van der Waals surface area contributed by atoms with E-state index in [2.05, 4.69) is 19.2 Å². The normalized spacial score (nSPS) is 45.3. The van der Waals surface area contributed by atoms with E-state index in [4.69, 9.17) is 5.73 Å². The van der Waals surface area contributed by atoms with Crippen molar-refractivity contribution in [3.63, 3.8) is 0 Å². The zero-order valence-corrected chi connectivity index (χ0v) is 19.0. The molecule has 0 spiro atoms. The standard InChI is InChI=1S/C26H48N2/c1-25-15-5-3-8-20(25)10-12-22-23-13-11-21(26(23,2)16-14-24(22)25)9-4-6-18-28-19-7-17-27/h20-24,28H,3-19,27H2,1-2H3. The van der Waals surface area contributed by atoms with E-state index in [-0.39, 0.29) is 0 Å². The molecule has 2 nitrogen and oxygen atoms in total. The van der Waals surface area contributed by atoms with Crippen LogP contribution in [0, 0.1) is 40.4 Å². The van der Waals surface area contributed by atoms with Gasteiger partial charge >= 0.3 is 0 Å². The highest BCUT2D eigenvalue weighted by Crippen LogP contribution is 2.67. The summed E-state index contributed by atoms with van der Waals surface area (Å²) in [5.41, 5.74) is 6.96. The molecule has 0 heterocycles. The minimum absolute atomic E-state index is 0.673. The molecule has 4 aliphatic rings. The molecular formula is C26H48N2. The van der Waals surface area contributed by atoms with E-state index >= 15 is 0 Å². The van der Waals surface area contributed by atoms with Crippen molar-refractivity contribution < 1.29 is 0 Å². The third-order valence-electron chi connectivity index (χ3n) is 10.5. The monoisotopic (exact) mass is 388 g/mol. The van der Waals surface area contributed by atoms with Crippen LogP contribution in [0.4, 0.5) is 0 Å². The van der Waals surface area contributed by atoms with Crippen molar-refractivity contribution in [3.8, 4) is 0 Å². The van der Waals surface area contributed by atoms with E-state index in [1.54, 1.807) is 44.9 Å². The molecule has 0 aromatic heterocycles. The van der Waals surface area contributed by atoms with Crippen LogP contribution in [0.3, 0.4) is 0 Å². The van der Waals surface area contributed by atoms with Crippen LogP contribution in [-0.2, 0) is 0 Å². The van der Waals surface area contributed by atoms with Crippen molar-refractivity contribution in [3.05, 3.63) is 0 Å². The number of nitrogens with two attached hydrogens (primary N) is 1. The zero-order valence-electron chi connectivity index (χ0n) is 19.0. The Balaban J connectivity index is 1.32. The first-order valence-electron chi connectivity index (χ1n) is 13.0.